The number of primary amides is 1. The van der Waals surface area contributed by atoms with Gasteiger partial charge in [-0.1, -0.05) is 0 Å². The molecular formula is C4H7N3O5S. The van der Waals surface area contributed by atoms with Gasteiger partial charge >= 0.3 is 10.3 Å². The van der Waals surface area contributed by atoms with Gasteiger partial charge in [0.15, 0.2) is 6.04 Å². The van der Waals surface area contributed by atoms with E-state index in [0.29, 0.717) is 0 Å². The summed E-state index contributed by atoms with van der Waals surface area (Å²) in [5.74, 6) is -2.13. The first-order chi connectivity index (χ1) is 5.76. The third-order valence-electron chi connectivity index (χ3n) is 1.64. The van der Waals surface area contributed by atoms with Gasteiger partial charge in [-0.15, -0.1) is 0 Å². The van der Waals surface area contributed by atoms with Crippen molar-refractivity contribution in [2.24, 2.45) is 11.5 Å². The van der Waals surface area contributed by atoms with Gasteiger partial charge in [0.2, 0.25) is 5.91 Å². The monoisotopic (exact) mass is 209 g/mol. The van der Waals surface area contributed by atoms with Gasteiger partial charge in [-0.3, -0.25) is 14.1 Å². The maximum Gasteiger partial charge on any atom is 0.363 e. The molecule has 1 heterocycles. The lowest BCUT2D eigenvalue weighted by molar-refractivity contribution is -0.147. The lowest BCUT2D eigenvalue weighted by atomic mass is 10.00. The Kier molecular flexibility index (Phi) is 2.02. The Morgan fingerprint density at radius 3 is 2.23 bits per heavy atom. The summed E-state index contributed by atoms with van der Waals surface area (Å²) in [7, 11) is -4.74. The zero-order valence-electron chi connectivity index (χ0n) is 6.25. The van der Waals surface area contributed by atoms with Gasteiger partial charge in [-0.05, 0) is 0 Å². The molecule has 0 radical (unpaired) electrons. The van der Waals surface area contributed by atoms with E-state index in [1.165, 1.54) is 0 Å². The second-order valence-corrected chi connectivity index (χ2v) is 3.77. The van der Waals surface area contributed by atoms with Crippen molar-refractivity contribution in [1.29, 1.82) is 0 Å². The molecule has 2 amide bonds. The summed E-state index contributed by atoms with van der Waals surface area (Å²) in [5, 5.41) is 0. The summed E-state index contributed by atoms with van der Waals surface area (Å²) in [5.41, 5.74) is 9.84. The lowest BCUT2D eigenvalue weighted by Gasteiger charge is -2.39. The predicted molar refractivity (Wildman–Crippen MR) is 39.4 cm³/mol. The smallest absolute Gasteiger partial charge is 0.363 e. The molecule has 5 N–H and O–H groups in total. The molecule has 0 aromatic heterocycles. The van der Waals surface area contributed by atoms with E-state index in [2.05, 4.69) is 0 Å². The van der Waals surface area contributed by atoms with Gasteiger partial charge in [0.05, 0.1) is 0 Å². The van der Waals surface area contributed by atoms with Crippen LogP contribution in [0.3, 0.4) is 0 Å². The molecule has 1 aliphatic heterocycles. The fraction of sp³-hybridized carbons (Fsp3) is 0.500. The third-order valence-corrected chi connectivity index (χ3v) is 2.54. The second kappa shape index (κ2) is 2.65. The summed E-state index contributed by atoms with van der Waals surface area (Å²) in [6.07, 6.45) is 0. The molecule has 0 bridgehead atoms. The molecule has 2 atom stereocenters. The molecule has 1 aliphatic rings. The fourth-order valence-corrected chi connectivity index (χ4v) is 1.90. The van der Waals surface area contributed by atoms with Crippen LogP contribution in [0.2, 0.25) is 0 Å². The highest BCUT2D eigenvalue weighted by Gasteiger charge is 2.54. The number of nitrogens with zero attached hydrogens (tertiary/aromatic N) is 1. The number of hydrogen-bond donors (Lipinski definition) is 3. The van der Waals surface area contributed by atoms with Crippen LogP contribution in [0.25, 0.3) is 0 Å². The number of amides is 2. The normalized spacial score (nSPS) is 28.5. The van der Waals surface area contributed by atoms with Crippen LogP contribution in [-0.2, 0) is 19.9 Å². The molecule has 0 saturated carbocycles. The van der Waals surface area contributed by atoms with E-state index in [0.717, 1.165) is 0 Å². The van der Waals surface area contributed by atoms with Crippen LogP contribution < -0.4 is 11.5 Å². The van der Waals surface area contributed by atoms with Gasteiger partial charge in [0.1, 0.15) is 6.04 Å². The first kappa shape index (κ1) is 9.89. The molecular weight excluding hydrogens is 202 g/mol. The quantitative estimate of drug-likeness (QED) is 0.323. The van der Waals surface area contributed by atoms with Crippen molar-refractivity contribution in [2.75, 3.05) is 0 Å². The molecule has 1 fully saturated rings. The third kappa shape index (κ3) is 1.36. The van der Waals surface area contributed by atoms with Crippen molar-refractivity contribution in [1.82, 2.24) is 4.31 Å². The minimum absolute atomic E-state index is 0.0417. The Morgan fingerprint density at radius 2 is 2.00 bits per heavy atom. The molecule has 0 aromatic carbocycles. The predicted octanol–water partition coefficient (Wildman–Crippen LogP) is -3.19. The first-order valence-electron chi connectivity index (χ1n) is 3.12. The number of hydrogen-bond acceptors (Lipinski definition) is 5. The van der Waals surface area contributed by atoms with Gasteiger partial charge in [-0.25, -0.2) is 4.31 Å². The number of rotatable bonds is 2. The van der Waals surface area contributed by atoms with Crippen LogP contribution in [0.5, 0.6) is 0 Å². The highest BCUT2D eigenvalue weighted by Crippen LogP contribution is 2.21. The number of carbonyl (C=O) groups excluding carboxylic acids is 2. The van der Waals surface area contributed by atoms with Gasteiger partial charge in [0, 0.05) is 0 Å². The van der Waals surface area contributed by atoms with Gasteiger partial charge < -0.3 is 11.5 Å². The highest BCUT2D eigenvalue weighted by atomic mass is 32.2. The molecule has 0 aliphatic carbocycles. The Morgan fingerprint density at radius 1 is 1.54 bits per heavy atom. The van der Waals surface area contributed by atoms with Crippen LogP contribution in [0.1, 0.15) is 0 Å². The molecule has 74 valence electrons. The van der Waals surface area contributed by atoms with Crippen molar-refractivity contribution in [3.63, 3.8) is 0 Å². The minimum atomic E-state index is -4.74. The maximum absolute atomic E-state index is 10.8. The lowest BCUT2D eigenvalue weighted by Crippen LogP contribution is -2.73. The SMILES string of the molecule is NC(=O)[C@@H]1C(N)C(=O)N1S(=O)(=O)O. The van der Waals surface area contributed by atoms with E-state index in [-0.39, 0.29) is 4.31 Å². The van der Waals surface area contributed by atoms with E-state index in [9.17, 15) is 18.0 Å². The standard InChI is InChI=1S/C4H7N3O5S/c5-1-2(3(6)8)7(4(1)9)13(10,11)12/h1-2H,5H2,(H2,6,8)(H,10,11,12)/t1?,2-/m0/s1. The zero-order valence-corrected chi connectivity index (χ0v) is 7.06. The number of nitrogens with two attached hydrogens (primary N) is 2. The van der Waals surface area contributed by atoms with Crippen LogP contribution >= 0.6 is 0 Å². The molecule has 1 saturated heterocycles. The second-order valence-electron chi connectivity index (χ2n) is 2.48. The number of carbonyl (C=O) groups is 2. The van der Waals surface area contributed by atoms with Crippen LogP contribution in [-0.4, -0.2) is 41.2 Å². The molecule has 0 aromatic rings. The molecule has 0 spiro atoms. The Hall–Kier alpha value is -1.19. The average molecular weight is 209 g/mol. The molecule has 13 heavy (non-hydrogen) atoms. The van der Waals surface area contributed by atoms with Crippen molar-refractivity contribution in [3.05, 3.63) is 0 Å². The summed E-state index contributed by atoms with van der Waals surface area (Å²) in [6, 6.07) is -2.78. The van der Waals surface area contributed by atoms with E-state index in [1.807, 2.05) is 0 Å². The highest BCUT2D eigenvalue weighted by molar-refractivity contribution is 7.84. The van der Waals surface area contributed by atoms with E-state index >= 15 is 0 Å². The summed E-state index contributed by atoms with van der Waals surface area (Å²) in [6.45, 7) is 0. The topological polar surface area (TPSA) is 144 Å². The van der Waals surface area contributed by atoms with Gasteiger partial charge in [0.25, 0.3) is 5.91 Å². The Bertz CT molecular complexity index is 362. The Labute approximate surface area is 73.4 Å². The fourth-order valence-electron chi connectivity index (χ4n) is 1.03. The number of β-lactam (4-membered cyclic amide) rings is 1. The summed E-state index contributed by atoms with van der Waals surface area (Å²) < 4.78 is 29.4. The molecule has 1 unspecified atom stereocenters. The molecule has 9 heteroatoms. The minimum Gasteiger partial charge on any atom is -0.368 e. The summed E-state index contributed by atoms with van der Waals surface area (Å²) in [4.78, 5) is 21.3. The van der Waals surface area contributed by atoms with E-state index in [1.54, 1.807) is 0 Å². The van der Waals surface area contributed by atoms with Crippen LogP contribution in [0.4, 0.5) is 0 Å². The van der Waals surface area contributed by atoms with Crippen molar-refractivity contribution < 1.29 is 22.6 Å². The van der Waals surface area contributed by atoms with Crippen molar-refractivity contribution in [2.45, 2.75) is 12.1 Å². The average Bonchev–Trinajstić information content (AvgIpc) is 1.94. The Balaban J connectivity index is 3.00. The van der Waals surface area contributed by atoms with Crippen molar-refractivity contribution >= 4 is 22.1 Å². The van der Waals surface area contributed by atoms with Crippen molar-refractivity contribution in [3.8, 4) is 0 Å². The first-order valence-corrected chi connectivity index (χ1v) is 4.52. The van der Waals surface area contributed by atoms with E-state index < -0.39 is 34.2 Å². The maximum atomic E-state index is 10.8. The van der Waals surface area contributed by atoms with E-state index in [4.69, 9.17) is 16.0 Å². The zero-order chi connectivity index (χ0) is 10.4. The van der Waals surface area contributed by atoms with Crippen LogP contribution in [0.15, 0.2) is 0 Å². The summed E-state index contributed by atoms with van der Waals surface area (Å²) >= 11 is 0. The van der Waals surface area contributed by atoms with Crippen LogP contribution in [0, 0.1) is 0 Å². The molecule has 1 rings (SSSR count). The molecule has 8 nitrogen and oxygen atoms in total. The largest absolute Gasteiger partial charge is 0.368 e. The van der Waals surface area contributed by atoms with Gasteiger partial charge in [-0.2, -0.15) is 8.42 Å².